The highest BCUT2D eigenvalue weighted by atomic mass is 19.1. The Kier molecular flexibility index (Phi) is 9.00. The van der Waals surface area contributed by atoms with Gasteiger partial charge in [-0.25, -0.2) is 4.39 Å². The Balaban J connectivity index is 1.54. The van der Waals surface area contributed by atoms with Gasteiger partial charge in [-0.3, -0.25) is 39.7 Å². The Hall–Kier alpha value is -6.75. The Bertz CT molecular complexity index is 2520. The topological polar surface area (TPSA) is 143 Å². The van der Waals surface area contributed by atoms with Crippen molar-refractivity contribution in [3.05, 3.63) is 132 Å². The lowest BCUT2D eigenvalue weighted by molar-refractivity contribution is 0.1000. The minimum absolute atomic E-state index is 0.152. The number of methoxy groups -OCH3 is 1. The first kappa shape index (κ1) is 33.7. The second-order valence-electron chi connectivity index (χ2n) is 12.4. The molecule has 0 aliphatic rings. The van der Waals surface area contributed by atoms with Gasteiger partial charge in [-0.05, 0) is 92.9 Å². The van der Waals surface area contributed by atoms with Crippen LogP contribution >= 0.6 is 0 Å². The largest absolute Gasteiger partial charge is 0.495 e. The standard InChI is InChI=1S/C41H33FN8O2/c1-22-10-13-45-33(16-22)34-39(49-21-31(40(34)52-5)35-24(3)7-6-12-46-35)38-30(15-23(2)19-47-38)37-28(9-8-25(4)50-37)36-29(17-26(20-48-36)41(43)51)32-18-27(42)11-14-44-32/h6-21H,1-5H3,(H2,43,51). The molecule has 11 heteroatoms. The maximum absolute atomic E-state index is 14.6. The molecular weight excluding hydrogens is 656 g/mol. The van der Waals surface area contributed by atoms with Crippen LogP contribution in [0.1, 0.15) is 32.7 Å². The highest BCUT2D eigenvalue weighted by Gasteiger charge is 2.27. The molecule has 1 amide bonds. The van der Waals surface area contributed by atoms with E-state index in [9.17, 15) is 9.18 Å². The molecule has 10 nitrogen and oxygen atoms in total. The van der Waals surface area contributed by atoms with Gasteiger partial charge in [-0.2, -0.15) is 0 Å². The summed E-state index contributed by atoms with van der Waals surface area (Å²) in [6.45, 7) is 7.82. The molecule has 0 aliphatic carbocycles. The van der Waals surface area contributed by atoms with Gasteiger partial charge in [0.1, 0.15) is 17.3 Å². The van der Waals surface area contributed by atoms with Crippen molar-refractivity contribution in [2.75, 3.05) is 7.11 Å². The monoisotopic (exact) mass is 688 g/mol. The average molecular weight is 689 g/mol. The molecule has 0 bridgehead atoms. The molecule has 0 atom stereocenters. The first-order chi connectivity index (χ1) is 25.1. The molecule has 0 fully saturated rings. The third-order valence-electron chi connectivity index (χ3n) is 8.64. The number of ether oxygens (including phenoxy) is 1. The van der Waals surface area contributed by atoms with Crippen molar-refractivity contribution in [2.45, 2.75) is 27.7 Å². The van der Waals surface area contributed by atoms with Gasteiger partial charge in [0.05, 0.1) is 58.0 Å². The molecular formula is C41H33FN8O2. The quantitative estimate of drug-likeness (QED) is 0.168. The van der Waals surface area contributed by atoms with E-state index >= 15 is 0 Å². The number of carbonyl (C=O) groups is 1. The number of nitrogens with two attached hydrogens (primary N) is 1. The van der Waals surface area contributed by atoms with Gasteiger partial charge in [0.25, 0.3) is 0 Å². The zero-order valence-corrected chi connectivity index (χ0v) is 29.1. The van der Waals surface area contributed by atoms with Crippen LogP contribution in [0.3, 0.4) is 0 Å². The molecule has 7 heterocycles. The second kappa shape index (κ2) is 13.9. The number of pyridine rings is 7. The molecule has 2 N–H and O–H groups in total. The first-order valence-electron chi connectivity index (χ1n) is 16.4. The lowest BCUT2D eigenvalue weighted by Crippen LogP contribution is -2.12. The molecule has 7 rings (SSSR count). The molecule has 0 saturated carbocycles. The summed E-state index contributed by atoms with van der Waals surface area (Å²) in [6, 6.07) is 17.6. The Morgan fingerprint density at radius 1 is 0.635 bits per heavy atom. The van der Waals surface area contributed by atoms with E-state index in [-0.39, 0.29) is 11.3 Å². The third kappa shape index (κ3) is 6.35. The summed E-state index contributed by atoms with van der Waals surface area (Å²) >= 11 is 0. The number of aryl methyl sites for hydroxylation is 4. The molecule has 52 heavy (non-hydrogen) atoms. The Labute approximate surface area is 299 Å². The Morgan fingerprint density at radius 2 is 1.40 bits per heavy atom. The van der Waals surface area contributed by atoms with Gasteiger partial charge in [-0.1, -0.05) is 6.07 Å². The zero-order chi connectivity index (χ0) is 36.5. The van der Waals surface area contributed by atoms with Gasteiger partial charge in [-0.15, -0.1) is 0 Å². The molecule has 7 aromatic rings. The minimum atomic E-state index is -0.675. The van der Waals surface area contributed by atoms with E-state index in [2.05, 4.69) is 9.97 Å². The van der Waals surface area contributed by atoms with E-state index in [1.54, 1.807) is 38.0 Å². The van der Waals surface area contributed by atoms with Crippen LogP contribution < -0.4 is 10.5 Å². The van der Waals surface area contributed by atoms with E-state index in [1.165, 1.54) is 24.5 Å². The Morgan fingerprint density at radius 3 is 2.15 bits per heavy atom. The average Bonchev–Trinajstić information content (AvgIpc) is 3.14. The van der Waals surface area contributed by atoms with Crippen LogP contribution in [-0.2, 0) is 0 Å². The van der Waals surface area contributed by atoms with E-state index < -0.39 is 11.7 Å². The van der Waals surface area contributed by atoms with Gasteiger partial charge < -0.3 is 10.5 Å². The van der Waals surface area contributed by atoms with Crippen LogP contribution in [0.15, 0.2) is 97.8 Å². The van der Waals surface area contributed by atoms with Crippen molar-refractivity contribution >= 4 is 5.91 Å². The number of aromatic nitrogens is 7. The first-order valence-corrected chi connectivity index (χ1v) is 16.4. The van der Waals surface area contributed by atoms with Crippen LogP contribution in [-0.4, -0.2) is 47.9 Å². The number of halogens is 1. The van der Waals surface area contributed by atoms with Gasteiger partial charge in [0.15, 0.2) is 0 Å². The summed E-state index contributed by atoms with van der Waals surface area (Å²) < 4.78 is 20.7. The van der Waals surface area contributed by atoms with Crippen molar-refractivity contribution in [2.24, 2.45) is 5.73 Å². The van der Waals surface area contributed by atoms with E-state index in [4.69, 9.17) is 35.4 Å². The van der Waals surface area contributed by atoms with Crippen LogP contribution in [0, 0.1) is 33.5 Å². The lowest BCUT2D eigenvalue weighted by atomic mass is 9.92. The maximum atomic E-state index is 14.6. The van der Waals surface area contributed by atoms with E-state index in [0.29, 0.717) is 62.0 Å². The lowest BCUT2D eigenvalue weighted by Gasteiger charge is -2.20. The predicted octanol–water partition coefficient (Wildman–Crippen LogP) is 7.93. The normalized spacial score (nSPS) is 11.0. The predicted molar refractivity (Wildman–Crippen MR) is 198 cm³/mol. The summed E-state index contributed by atoms with van der Waals surface area (Å²) in [7, 11) is 1.62. The highest BCUT2D eigenvalue weighted by Crippen LogP contribution is 2.46. The van der Waals surface area contributed by atoms with Crippen molar-refractivity contribution in [1.29, 1.82) is 0 Å². The number of rotatable bonds is 8. The van der Waals surface area contributed by atoms with Crippen LogP contribution in [0.5, 0.6) is 5.75 Å². The van der Waals surface area contributed by atoms with Gasteiger partial charge in [0.2, 0.25) is 5.91 Å². The zero-order valence-electron chi connectivity index (χ0n) is 29.1. The van der Waals surface area contributed by atoms with Crippen LogP contribution in [0.2, 0.25) is 0 Å². The molecule has 0 aliphatic heterocycles. The molecule has 0 radical (unpaired) electrons. The van der Waals surface area contributed by atoms with Crippen molar-refractivity contribution < 1.29 is 13.9 Å². The summed E-state index contributed by atoms with van der Waals surface area (Å²) in [5, 5.41) is 0. The maximum Gasteiger partial charge on any atom is 0.250 e. The fraction of sp³-hybridized carbons (Fsp3) is 0.122. The van der Waals surface area contributed by atoms with Crippen LogP contribution in [0.25, 0.3) is 67.7 Å². The fourth-order valence-corrected chi connectivity index (χ4v) is 6.19. The van der Waals surface area contributed by atoms with E-state index in [0.717, 1.165) is 28.1 Å². The van der Waals surface area contributed by atoms with Crippen molar-refractivity contribution in [1.82, 2.24) is 34.9 Å². The number of hydrogen-bond acceptors (Lipinski definition) is 9. The minimum Gasteiger partial charge on any atom is -0.495 e. The third-order valence-corrected chi connectivity index (χ3v) is 8.64. The van der Waals surface area contributed by atoms with Crippen molar-refractivity contribution in [3.63, 3.8) is 0 Å². The molecule has 0 saturated heterocycles. The summed E-state index contributed by atoms with van der Waals surface area (Å²) in [6.07, 6.45) is 9.76. The van der Waals surface area contributed by atoms with Gasteiger partial charge in [0, 0.05) is 65.6 Å². The molecule has 256 valence electrons. The molecule has 0 aromatic carbocycles. The highest BCUT2D eigenvalue weighted by molar-refractivity contribution is 5.98. The molecule has 7 aromatic heterocycles. The summed E-state index contributed by atoms with van der Waals surface area (Å²) in [4.78, 5) is 45.9. The number of nitrogens with zero attached hydrogens (tertiary/aromatic N) is 7. The SMILES string of the molecule is COc1c(-c2ncccc2C)cnc(-c2ncc(C)cc2-c2nc(C)ccc2-c2ncc(C(N)=O)cc2-c2cc(F)ccn2)c1-c1cc(C)ccn1. The number of carbonyl (C=O) groups excluding carboxylic acids is 1. The molecule has 0 unspecified atom stereocenters. The summed E-state index contributed by atoms with van der Waals surface area (Å²) in [5.74, 6) is -0.626. The summed E-state index contributed by atoms with van der Waals surface area (Å²) in [5.41, 5.74) is 16.0. The molecule has 0 spiro atoms. The number of amides is 1. The number of hydrogen-bond donors (Lipinski definition) is 1. The second-order valence-corrected chi connectivity index (χ2v) is 12.4. The van der Waals surface area contributed by atoms with Crippen LogP contribution in [0.4, 0.5) is 4.39 Å². The number of primary amides is 1. The fourth-order valence-electron chi connectivity index (χ4n) is 6.19. The van der Waals surface area contributed by atoms with Crippen molar-refractivity contribution in [3.8, 4) is 73.4 Å². The van der Waals surface area contributed by atoms with Gasteiger partial charge >= 0.3 is 0 Å². The van der Waals surface area contributed by atoms with E-state index in [1.807, 2.05) is 70.2 Å². The smallest absolute Gasteiger partial charge is 0.250 e.